The highest BCUT2D eigenvalue weighted by Gasteiger charge is 2.98. The van der Waals surface area contributed by atoms with Gasteiger partial charge in [0.25, 0.3) is 0 Å². The van der Waals surface area contributed by atoms with E-state index in [2.05, 4.69) is 39.5 Å². The summed E-state index contributed by atoms with van der Waals surface area (Å²) in [6.45, 7) is 11.0. The third kappa shape index (κ3) is 0.647. The molecule has 2 unspecified atom stereocenters. The van der Waals surface area contributed by atoms with Crippen LogP contribution >= 0.6 is 0 Å². The van der Waals surface area contributed by atoms with Crippen LogP contribution in [-0.4, -0.2) is 0 Å². The van der Waals surface area contributed by atoms with Gasteiger partial charge in [0.15, 0.2) is 0 Å². The van der Waals surface area contributed by atoms with Gasteiger partial charge in [0, 0.05) is 10.8 Å². The summed E-state index contributed by atoms with van der Waals surface area (Å²) in [6.07, 6.45) is 8.23. The predicted molar refractivity (Wildman–Crippen MR) is 66.9 cm³/mol. The minimum Gasteiger partial charge on any atom is -0.0955 e. The van der Waals surface area contributed by atoms with Crippen molar-refractivity contribution >= 4 is 0 Å². The Morgan fingerprint density at radius 2 is 1.81 bits per heavy atom. The predicted octanol–water partition coefficient (Wildman–Crippen LogP) is 4.11. The van der Waals surface area contributed by atoms with Gasteiger partial charge in [0.05, 0.1) is 0 Å². The number of allylic oxidation sites excluding steroid dienone is 5. The summed E-state index contributed by atoms with van der Waals surface area (Å²) in [7, 11) is 0. The Morgan fingerprint density at radius 3 is 2.31 bits per heavy atom. The summed E-state index contributed by atoms with van der Waals surface area (Å²) < 4.78 is 0. The van der Waals surface area contributed by atoms with Gasteiger partial charge in [-0.25, -0.2) is 0 Å². The maximum absolute atomic E-state index is 4.17. The highest BCUT2D eigenvalue weighted by atomic mass is 15.0. The van der Waals surface area contributed by atoms with Crippen molar-refractivity contribution in [3.8, 4) is 0 Å². The molecule has 0 N–H and O–H groups in total. The summed E-state index contributed by atoms with van der Waals surface area (Å²) in [5, 5.41) is 0. The molecule has 0 saturated heterocycles. The molecule has 0 radical (unpaired) electrons. The zero-order valence-corrected chi connectivity index (χ0v) is 10.5. The van der Waals surface area contributed by atoms with E-state index >= 15 is 0 Å². The molecular weight excluding hydrogens is 192 g/mol. The fraction of sp³-hybridized carbons (Fsp3) is 0.625. The first-order valence-corrected chi connectivity index (χ1v) is 6.67. The molecular formula is C16H20. The van der Waals surface area contributed by atoms with Crippen molar-refractivity contribution in [2.45, 2.75) is 33.6 Å². The highest BCUT2D eigenvalue weighted by Crippen LogP contribution is 3.02. The second kappa shape index (κ2) is 2.25. The zero-order valence-electron chi connectivity index (χ0n) is 10.5. The molecule has 0 amide bonds. The summed E-state index contributed by atoms with van der Waals surface area (Å²) in [4.78, 5) is 0. The van der Waals surface area contributed by atoms with Crippen LogP contribution in [0.25, 0.3) is 0 Å². The van der Waals surface area contributed by atoms with E-state index < -0.39 is 0 Å². The molecule has 4 fully saturated rings. The minimum absolute atomic E-state index is 0.639. The molecule has 4 saturated carbocycles. The first kappa shape index (κ1) is 9.27. The Bertz CT molecular complexity index is 460. The van der Waals surface area contributed by atoms with Crippen LogP contribution in [0.5, 0.6) is 0 Å². The summed E-state index contributed by atoms with van der Waals surface area (Å²) in [6, 6.07) is 0. The fourth-order valence-electron chi connectivity index (χ4n) is 5.14. The summed E-state index contributed by atoms with van der Waals surface area (Å²) >= 11 is 0. The SMILES string of the molecule is C=C(C)C1=CC23[C@H]4CC[C@@H]2C43C=C1C(C)C. The standard InChI is InChI=1S/C16H20/c1-9(2)11-7-15-13-5-6-14(15)16(13,15)8-12(11)10(3)4/h7-8,10,13-14H,1,5-6H2,2-4H3/t13-,14+,15?,16?. The van der Waals surface area contributed by atoms with Gasteiger partial charge in [-0.2, -0.15) is 0 Å². The lowest BCUT2D eigenvalue weighted by Crippen LogP contribution is -2.04. The van der Waals surface area contributed by atoms with Crippen LogP contribution in [-0.2, 0) is 0 Å². The third-order valence-corrected chi connectivity index (χ3v) is 5.80. The Labute approximate surface area is 98.1 Å². The normalized spacial score (nSPS) is 50.5. The van der Waals surface area contributed by atoms with E-state index in [0.29, 0.717) is 16.7 Å². The molecule has 5 aliphatic rings. The Hall–Kier alpha value is -0.780. The molecule has 0 nitrogen and oxygen atoms in total. The first-order valence-electron chi connectivity index (χ1n) is 6.67. The average molecular weight is 212 g/mol. The topological polar surface area (TPSA) is 0 Å². The van der Waals surface area contributed by atoms with Crippen LogP contribution in [0, 0.1) is 28.6 Å². The fourth-order valence-corrected chi connectivity index (χ4v) is 5.14. The van der Waals surface area contributed by atoms with Crippen LogP contribution in [0.2, 0.25) is 0 Å². The van der Waals surface area contributed by atoms with E-state index in [9.17, 15) is 0 Å². The van der Waals surface area contributed by atoms with Gasteiger partial charge in [-0.15, -0.1) is 0 Å². The van der Waals surface area contributed by atoms with Gasteiger partial charge in [0.1, 0.15) is 0 Å². The molecule has 0 aromatic carbocycles. The number of rotatable bonds is 2. The van der Waals surface area contributed by atoms with Crippen molar-refractivity contribution in [3.63, 3.8) is 0 Å². The molecule has 2 bridgehead atoms. The van der Waals surface area contributed by atoms with Crippen molar-refractivity contribution in [2.75, 3.05) is 0 Å². The molecule has 5 aliphatic carbocycles. The van der Waals surface area contributed by atoms with Crippen LogP contribution in [0.15, 0.2) is 35.5 Å². The smallest absolute Gasteiger partial charge is 0.00619 e. The molecule has 4 atom stereocenters. The lowest BCUT2D eigenvalue weighted by Gasteiger charge is -2.18. The lowest BCUT2D eigenvalue weighted by atomic mass is 9.86. The second-order valence-corrected chi connectivity index (χ2v) is 6.64. The number of hydrogen-bond donors (Lipinski definition) is 0. The van der Waals surface area contributed by atoms with Gasteiger partial charge in [-0.05, 0) is 48.7 Å². The second-order valence-electron chi connectivity index (χ2n) is 6.64. The monoisotopic (exact) mass is 212 g/mol. The molecule has 16 heavy (non-hydrogen) atoms. The van der Waals surface area contributed by atoms with Crippen molar-refractivity contribution in [2.24, 2.45) is 28.6 Å². The minimum atomic E-state index is 0.639. The van der Waals surface area contributed by atoms with Gasteiger partial charge in [0.2, 0.25) is 0 Å². The van der Waals surface area contributed by atoms with E-state index in [-0.39, 0.29) is 0 Å². The van der Waals surface area contributed by atoms with E-state index in [0.717, 1.165) is 11.8 Å². The van der Waals surface area contributed by atoms with Gasteiger partial charge in [-0.1, -0.05) is 38.2 Å². The van der Waals surface area contributed by atoms with Gasteiger partial charge in [-0.3, -0.25) is 0 Å². The zero-order chi connectivity index (χ0) is 11.3. The average Bonchev–Trinajstić information content (AvgIpc) is 2.80. The maximum atomic E-state index is 4.17. The maximum Gasteiger partial charge on any atom is 0.00619 e. The Kier molecular flexibility index (Phi) is 1.30. The van der Waals surface area contributed by atoms with Crippen LogP contribution in [0.3, 0.4) is 0 Å². The van der Waals surface area contributed by atoms with Crippen LogP contribution < -0.4 is 0 Å². The molecule has 0 heteroatoms. The molecule has 84 valence electrons. The van der Waals surface area contributed by atoms with Gasteiger partial charge >= 0.3 is 0 Å². The molecule has 0 aromatic heterocycles. The third-order valence-electron chi connectivity index (χ3n) is 5.80. The van der Waals surface area contributed by atoms with E-state index in [4.69, 9.17) is 0 Å². The highest BCUT2D eigenvalue weighted by molar-refractivity contribution is 5.65. The van der Waals surface area contributed by atoms with E-state index in [1.807, 2.05) is 0 Å². The van der Waals surface area contributed by atoms with Crippen molar-refractivity contribution in [3.05, 3.63) is 35.5 Å². The van der Waals surface area contributed by atoms with E-state index in [1.165, 1.54) is 24.0 Å². The van der Waals surface area contributed by atoms with Crippen LogP contribution in [0.1, 0.15) is 33.6 Å². The molecule has 0 aliphatic heterocycles. The molecule has 2 spiro atoms. The Morgan fingerprint density at radius 1 is 1.25 bits per heavy atom. The summed E-state index contributed by atoms with van der Waals surface area (Å²) in [5.41, 5.74) is 5.62. The summed E-state index contributed by atoms with van der Waals surface area (Å²) in [5.74, 6) is 2.67. The van der Waals surface area contributed by atoms with Crippen LogP contribution in [0.4, 0.5) is 0 Å². The molecule has 0 aromatic rings. The van der Waals surface area contributed by atoms with Crippen molar-refractivity contribution in [1.29, 1.82) is 0 Å². The molecule has 5 rings (SSSR count). The largest absolute Gasteiger partial charge is 0.0955 e. The lowest BCUT2D eigenvalue weighted by molar-refractivity contribution is 0.529. The van der Waals surface area contributed by atoms with Crippen molar-refractivity contribution in [1.82, 2.24) is 0 Å². The Balaban J connectivity index is 1.86. The number of hydrogen-bond acceptors (Lipinski definition) is 0. The van der Waals surface area contributed by atoms with Gasteiger partial charge < -0.3 is 0 Å². The molecule has 0 heterocycles. The number of fused-ring (bicyclic) bond motifs is 1. The quantitative estimate of drug-likeness (QED) is 0.646. The first-order chi connectivity index (χ1) is 7.55. The van der Waals surface area contributed by atoms with Crippen molar-refractivity contribution < 1.29 is 0 Å². The van der Waals surface area contributed by atoms with E-state index in [1.54, 1.807) is 5.57 Å².